The lowest BCUT2D eigenvalue weighted by molar-refractivity contribution is 0.604. The van der Waals surface area contributed by atoms with Gasteiger partial charge in [-0.25, -0.2) is 9.37 Å². The van der Waals surface area contributed by atoms with Gasteiger partial charge in [0.15, 0.2) is 0 Å². The molecule has 0 spiro atoms. The minimum atomic E-state index is -0.297. The van der Waals surface area contributed by atoms with Crippen molar-refractivity contribution in [2.75, 3.05) is 5.32 Å². The van der Waals surface area contributed by atoms with E-state index < -0.39 is 0 Å². The van der Waals surface area contributed by atoms with Crippen molar-refractivity contribution >= 4 is 5.82 Å². The molecule has 0 saturated carbocycles. The molecule has 0 amide bonds. The molecule has 1 aromatic carbocycles. The topological polar surface area (TPSA) is 24.9 Å². The van der Waals surface area contributed by atoms with Gasteiger partial charge in [0.25, 0.3) is 0 Å². The van der Waals surface area contributed by atoms with Crippen molar-refractivity contribution in [3.05, 3.63) is 59.5 Å². The molecule has 2 aromatic rings. The van der Waals surface area contributed by atoms with E-state index >= 15 is 0 Å². The molecule has 1 aliphatic rings. The first-order valence-corrected chi connectivity index (χ1v) is 6.26. The highest BCUT2D eigenvalue weighted by Crippen LogP contribution is 2.23. The first-order chi connectivity index (χ1) is 8.81. The number of anilines is 1. The number of aromatic nitrogens is 1. The van der Waals surface area contributed by atoms with E-state index in [1.54, 1.807) is 6.07 Å². The fourth-order valence-electron chi connectivity index (χ4n) is 2.49. The second-order valence-corrected chi connectivity index (χ2v) is 4.71. The normalized spacial score (nSPS) is 18.2. The van der Waals surface area contributed by atoms with Crippen molar-refractivity contribution in [1.82, 2.24) is 4.98 Å². The van der Waals surface area contributed by atoms with E-state index in [0.29, 0.717) is 6.04 Å². The zero-order valence-electron chi connectivity index (χ0n) is 10.1. The van der Waals surface area contributed by atoms with Gasteiger partial charge in [-0.3, -0.25) is 0 Å². The average Bonchev–Trinajstić information content (AvgIpc) is 2.41. The number of hydrogen-bond donors (Lipinski definition) is 1. The van der Waals surface area contributed by atoms with E-state index in [-0.39, 0.29) is 5.82 Å². The lowest BCUT2D eigenvalue weighted by Gasteiger charge is -2.25. The van der Waals surface area contributed by atoms with Crippen molar-refractivity contribution in [1.29, 1.82) is 0 Å². The molecule has 1 aromatic heterocycles. The monoisotopic (exact) mass is 242 g/mol. The molecule has 0 fully saturated rings. The van der Waals surface area contributed by atoms with Gasteiger partial charge in [0, 0.05) is 6.04 Å². The molecule has 0 saturated heterocycles. The van der Waals surface area contributed by atoms with Crippen molar-refractivity contribution in [2.24, 2.45) is 0 Å². The molecule has 1 aliphatic carbocycles. The number of nitrogens with one attached hydrogen (secondary N) is 1. The van der Waals surface area contributed by atoms with E-state index in [9.17, 15) is 4.39 Å². The van der Waals surface area contributed by atoms with Crippen LogP contribution in [0, 0.1) is 5.82 Å². The standard InChI is InChI=1S/C15H15FN2/c16-13-6-8-15(17-10-13)18-14-7-5-11-3-1-2-4-12(11)9-14/h1-4,6,8,10,14H,5,7,9H2,(H,17,18). The molecule has 1 heterocycles. The van der Waals surface area contributed by atoms with Crippen LogP contribution in [0.2, 0.25) is 0 Å². The molecule has 0 aliphatic heterocycles. The lowest BCUT2D eigenvalue weighted by atomic mass is 9.88. The van der Waals surface area contributed by atoms with E-state index in [1.807, 2.05) is 0 Å². The first-order valence-electron chi connectivity index (χ1n) is 6.26. The van der Waals surface area contributed by atoms with Crippen LogP contribution in [0.15, 0.2) is 42.6 Å². The molecule has 1 N–H and O–H groups in total. The van der Waals surface area contributed by atoms with Crippen LogP contribution >= 0.6 is 0 Å². The summed E-state index contributed by atoms with van der Waals surface area (Å²) in [6.07, 6.45) is 4.44. The number of hydrogen-bond acceptors (Lipinski definition) is 2. The highest BCUT2D eigenvalue weighted by molar-refractivity contribution is 5.38. The summed E-state index contributed by atoms with van der Waals surface area (Å²) in [5.41, 5.74) is 2.85. The number of rotatable bonds is 2. The summed E-state index contributed by atoms with van der Waals surface area (Å²) in [4.78, 5) is 4.04. The molecule has 3 rings (SSSR count). The Kier molecular flexibility index (Phi) is 2.97. The fourth-order valence-corrected chi connectivity index (χ4v) is 2.49. The Morgan fingerprint density at radius 1 is 1.11 bits per heavy atom. The van der Waals surface area contributed by atoms with Crippen LogP contribution in [0.1, 0.15) is 17.5 Å². The Labute approximate surface area is 106 Å². The van der Waals surface area contributed by atoms with Crippen LogP contribution < -0.4 is 5.32 Å². The van der Waals surface area contributed by atoms with Gasteiger partial charge in [0.05, 0.1) is 6.20 Å². The molecule has 3 heteroatoms. The van der Waals surface area contributed by atoms with Gasteiger partial charge in [-0.05, 0) is 42.5 Å². The maximum atomic E-state index is 12.8. The second-order valence-electron chi connectivity index (χ2n) is 4.71. The Balaban J connectivity index is 1.71. The zero-order chi connectivity index (χ0) is 12.4. The van der Waals surface area contributed by atoms with Crippen LogP contribution in [-0.2, 0) is 12.8 Å². The van der Waals surface area contributed by atoms with Gasteiger partial charge in [-0.1, -0.05) is 24.3 Å². The van der Waals surface area contributed by atoms with Crippen molar-refractivity contribution in [3.63, 3.8) is 0 Å². The van der Waals surface area contributed by atoms with Crippen LogP contribution in [0.4, 0.5) is 10.2 Å². The average molecular weight is 242 g/mol. The summed E-state index contributed by atoms with van der Waals surface area (Å²) in [5.74, 6) is 0.454. The summed E-state index contributed by atoms with van der Waals surface area (Å²) in [6.45, 7) is 0. The second kappa shape index (κ2) is 4.77. The molecule has 1 atom stereocenters. The van der Waals surface area contributed by atoms with E-state index in [0.717, 1.165) is 25.1 Å². The highest BCUT2D eigenvalue weighted by atomic mass is 19.1. The number of halogens is 1. The van der Waals surface area contributed by atoms with Crippen molar-refractivity contribution in [2.45, 2.75) is 25.3 Å². The van der Waals surface area contributed by atoms with Gasteiger partial charge < -0.3 is 5.32 Å². The summed E-state index contributed by atoms with van der Waals surface area (Å²) >= 11 is 0. The van der Waals surface area contributed by atoms with Crippen molar-refractivity contribution in [3.8, 4) is 0 Å². The van der Waals surface area contributed by atoms with E-state index in [2.05, 4.69) is 34.6 Å². The number of aryl methyl sites for hydroxylation is 1. The lowest BCUT2D eigenvalue weighted by Crippen LogP contribution is -2.27. The molecule has 18 heavy (non-hydrogen) atoms. The fraction of sp³-hybridized carbons (Fsp3) is 0.267. The Morgan fingerprint density at radius 2 is 1.94 bits per heavy atom. The molecule has 1 unspecified atom stereocenters. The molecule has 92 valence electrons. The quantitative estimate of drug-likeness (QED) is 0.874. The third-order valence-electron chi connectivity index (χ3n) is 3.43. The molecule has 2 nitrogen and oxygen atoms in total. The summed E-state index contributed by atoms with van der Waals surface area (Å²) in [5, 5.41) is 3.37. The van der Waals surface area contributed by atoms with Crippen molar-refractivity contribution < 1.29 is 4.39 Å². The predicted octanol–water partition coefficient (Wildman–Crippen LogP) is 3.19. The van der Waals surface area contributed by atoms with Gasteiger partial charge in [-0.15, -0.1) is 0 Å². The SMILES string of the molecule is Fc1ccc(NC2CCc3ccccc3C2)nc1. The van der Waals surface area contributed by atoms with Gasteiger partial charge in [0.2, 0.25) is 0 Å². The third kappa shape index (κ3) is 2.35. The maximum Gasteiger partial charge on any atom is 0.141 e. The maximum absolute atomic E-state index is 12.8. The molecule has 0 bridgehead atoms. The Morgan fingerprint density at radius 3 is 2.72 bits per heavy atom. The van der Waals surface area contributed by atoms with Crippen LogP contribution in [0.25, 0.3) is 0 Å². The zero-order valence-corrected chi connectivity index (χ0v) is 10.1. The summed E-state index contributed by atoms with van der Waals surface area (Å²) in [7, 11) is 0. The van der Waals surface area contributed by atoms with Gasteiger partial charge in [0.1, 0.15) is 11.6 Å². The van der Waals surface area contributed by atoms with E-state index in [1.165, 1.54) is 23.4 Å². The summed E-state index contributed by atoms with van der Waals surface area (Å²) < 4.78 is 12.8. The van der Waals surface area contributed by atoms with Crippen LogP contribution in [0.3, 0.4) is 0 Å². The Hall–Kier alpha value is -1.90. The van der Waals surface area contributed by atoms with Crippen LogP contribution in [-0.4, -0.2) is 11.0 Å². The smallest absolute Gasteiger partial charge is 0.141 e. The molecular formula is C15H15FN2. The number of nitrogens with zero attached hydrogens (tertiary/aromatic N) is 1. The summed E-state index contributed by atoms with van der Waals surface area (Å²) in [6, 6.07) is 12.1. The molecular weight excluding hydrogens is 227 g/mol. The van der Waals surface area contributed by atoms with Crippen LogP contribution in [0.5, 0.6) is 0 Å². The predicted molar refractivity (Wildman–Crippen MR) is 70.1 cm³/mol. The van der Waals surface area contributed by atoms with Gasteiger partial charge in [-0.2, -0.15) is 0 Å². The highest BCUT2D eigenvalue weighted by Gasteiger charge is 2.18. The largest absolute Gasteiger partial charge is 0.367 e. The number of benzene rings is 1. The minimum absolute atomic E-state index is 0.297. The third-order valence-corrected chi connectivity index (χ3v) is 3.43. The number of pyridine rings is 1. The van der Waals surface area contributed by atoms with Gasteiger partial charge >= 0.3 is 0 Å². The Bertz CT molecular complexity index is 536. The first kappa shape index (κ1) is 11.2. The number of fused-ring (bicyclic) bond motifs is 1. The molecule has 0 radical (unpaired) electrons. The minimum Gasteiger partial charge on any atom is -0.367 e. The van der Waals surface area contributed by atoms with E-state index in [4.69, 9.17) is 0 Å².